The summed E-state index contributed by atoms with van der Waals surface area (Å²) in [5.74, 6) is -0.350. The predicted molar refractivity (Wildman–Crippen MR) is 96.3 cm³/mol. The summed E-state index contributed by atoms with van der Waals surface area (Å²) in [5.41, 5.74) is 3.50. The van der Waals surface area contributed by atoms with Crippen LogP contribution in [0.5, 0.6) is 0 Å². The Morgan fingerprint density at radius 1 is 1.08 bits per heavy atom. The molecule has 2 aromatic carbocycles. The normalized spacial score (nSPS) is 11.3. The van der Waals surface area contributed by atoms with E-state index in [0.717, 1.165) is 17.5 Å². The van der Waals surface area contributed by atoms with Crippen molar-refractivity contribution >= 4 is 21.4 Å². The molecule has 0 aliphatic rings. The first kappa shape index (κ1) is 16.9. The minimum absolute atomic E-state index is 0.123. The zero-order chi connectivity index (χ0) is 18.0. The Balaban J connectivity index is 1.83. The van der Waals surface area contributed by atoms with E-state index in [1.54, 1.807) is 31.3 Å². The lowest BCUT2D eigenvalue weighted by Crippen LogP contribution is -2.14. The number of sulfone groups is 1. The molecular weight excluding hydrogens is 338 g/mol. The molecule has 0 radical (unpaired) electrons. The van der Waals surface area contributed by atoms with E-state index in [4.69, 9.17) is 0 Å². The summed E-state index contributed by atoms with van der Waals surface area (Å²) in [7, 11) is -3.37. The van der Waals surface area contributed by atoms with E-state index in [9.17, 15) is 13.2 Å². The minimum Gasteiger partial charge on any atom is -0.322 e. The van der Waals surface area contributed by atoms with E-state index in [1.807, 2.05) is 18.2 Å². The molecule has 0 bridgehead atoms. The summed E-state index contributed by atoms with van der Waals surface area (Å²) in [5, 5.41) is 9.57. The largest absolute Gasteiger partial charge is 0.322 e. The van der Waals surface area contributed by atoms with Crippen molar-refractivity contribution in [1.82, 2.24) is 10.2 Å². The Hall–Kier alpha value is -2.93. The number of carbonyl (C=O) groups excluding carboxylic acids is 1. The van der Waals surface area contributed by atoms with Gasteiger partial charge >= 0.3 is 0 Å². The third-order valence-electron chi connectivity index (χ3n) is 3.84. The van der Waals surface area contributed by atoms with Crippen LogP contribution in [0, 0.1) is 6.92 Å². The number of hydrogen-bond acceptors (Lipinski definition) is 4. The second kappa shape index (κ2) is 6.52. The summed E-state index contributed by atoms with van der Waals surface area (Å²) in [6, 6.07) is 13.7. The quantitative estimate of drug-likeness (QED) is 0.752. The number of carbonyl (C=O) groups is 1. The molecule has 25 heavy (non-hydrogen) atoms. The fraction of sp³-hybridized carbons (Fsp3) is 0.111. The van der Waals surface area contributed by atoms with Crippen LogP contribution in [0.15, 0.2) is 59.6 Å². The Kier molecular flexibility index (Phi) is 4.41. The standard InChI is InChI=1S/C18H17N3O3S/c1-12-3-8-15(25(2,23)24)11-16(12)18(22)20-14-6-4-13(5-7-14)17-9-10-19-21-17/h3-11H,1-2H3,(H,19,21)(H,20,22). The molecule has 0 aliphatic carbocycles. The molecule has 3 aromatic rings. The Morgan fingerprint density at radius 3 is 2.40 bits per heavy atom. The van der Waals surface area contributed by atoms with Crippen LogP contribution in [0.3, 0.4) is 0 Å². The van der Waals surface area contributed by atoms with Gasteiger partial charge in [-0.1, -0.05) is 18.2 Å². The summed E-state index contributed by atoms with van der Waals surface area (Å²) in [4.78, 5) is 12.6. The van der Waals surface area contributed by atoms with Crippen LogP contribution in [-0.4, -0.2) is 30.8 Å². The van der Waals surface area contributed by atoms with E-state index >= 15 is 0 Å². The highest BCUT2D eigenvalue weighted by Crippen LogP contribution is 2.21. The lowest BCUT2D eigenvalue weighted by Gasteiger charge is -2.10. The van der Waals surface area contributed by atoms with Crippen LogP contribution in [-0.2, 0) is 9.84 Å². The van der Waals surface area contributed by atoms with Crippen molar-refractivity contribution in [3.8, 4) is 11.3 Å². The molecule has 0 saturated heterocycles. The molecule has 1 aromatic heterocycles. The number of nitrogens with zero attached hydrogens (tertiary/aromatic N) is 1. The zero-order valence-electron chi connectivity index (χ0n) is 13.8. The molecule has 1 heterocycles. The highest BCUT2D eigenvalue weighted by atomic mass is 32.2. The number of nitrogens with one attached hydrogen (secondary N) is 2. The summed E-state index contributed by atoms with van der Waals surface area (Å²) >= 11 is 0. The third-order valence-corrected chi connectivity index (χ3v) is 4.95. The number of aromatic nitrogens is 2. The van der Waals surface area contributed by atoms with Crippen molar-refractivity contribution < 1.29 is 13.2 Å². The number of rotatable bonds is 4. The van der Waals surface area contributed by atoms with Gasteiger partial charge in [0, 0.05) is 23.7 Å². The number of benzene rings is 2. The minimum atomic E-state index is -3.37. The van der Waals surface area contributed by atoms with Crippen LogP contribution in [0.2, 0.25) is 0 Å². The number of anilines is 1. The fourth-order valence-electron chi connectivity index (χ4n) is 2.42. The predicted octanol–water partition coefficient (Wildman–Crippen LogP) is 3.04. The molecule has 0 unspecified atom stereocenters. The molecule has 3 rings (SSSR count). The molecule has 0 atom stereocenters. The lowest BCUT2D eigenvalue weighted by atomic mass is 10.1. The van der Waals surface area contributed by atoms with E-state index in [2.05, 4.69) is 15.5 Å². The number of H-pyrrole nitrogens is 1. The van der Waals surface area contributed by atoms with Gasteiger partial charge in [-0.25, -0.2) is 8.42 Å². The van der Waals surface area contributed by atoms with Crippen LogP contribution in [0.4, 0.5) is 5.69 Å². The second-order valence-electron chi connectivity index (χ2n) is 5.75. The van der Waals surface area contributed by atoms with Gasteiger partial charge in [-0.3, -0.25) is 9.89 Å². The highest BCUT2D eigenvalue weighted by molar-refractivity contribution is 7.90. The van der Waals surface area contributed by atoms with Gasteiger partial charge in [-0.15, -0.1) is 0 Å². The Labute approximate surface area is 145 Å². The summed E-state index contributed by atoms with van der Waals surface area (Å²) in [6.07, 6.45) is 2.79. The van der Waals surface area contributed by atoms with Gasteiger partial charge in [0.15, 0.2) is 9.84 Å². The molecule has 0 saturated carbocycles. The van der Waals surface area contributed by atoms with E-state index in [0.29, 0.717) is 16.8 Å². The van der Waals surface area contributed by atoms with Gasteiger partial charge in [0.2, 0.25) is 0 Å². The number of hydrogen-bond donors (Lipinski definition) is 2. The molecule has 0 spiro atoms. The molecule has 7 heteroatoms. The summed E-state index contributed by atoms with van der Waals surface area (Å²) < 4.78 is 23.4. The van der Waals surface area contributed by atoms with Gasteiger partial charge in [0.05, 0.1) is 10.6 Å². The Bertz CT molecular complexity index is 1010. The monoisotopic (exact) mass is 355 g/mol. The maximum Gasteiger partial charge on any atom is 0.255 e. The molecular formula is C18H17N3O3S. The van der Waals surface area contributed by atoms with Crippen LogP contribution >= 0.6 is 0 Å². The molecule has 2 N–H and O–H groups in total. The summed E-state index contributed by atoms with van der Waals surface area (Å²) in [6.45, 7) is 1.77. The van der Waals surface area contributed by atoms with Gasteiger partial charge in [0.25, 0.3) is 5.91 Å². The first-order valence-corrected chi connectivity index (χ1v) is 9.45. The topological polar surface area (TPSA) is 91.9 Å². The van der Waals surface area contributed by atoms with Gasteiger partial charge in [-0.05, 0) is 48.4 Å². The van der Waals surface area contributed by atoms with Crippen LogP contribution < -0.4 is 5.32 Å². The first-order valence-electron chi connectivity index (χ1n) is 7.56. The van der Waals surface area contributed by atoms with Crippen LogP contribution in [0.1, 0.15) is 15.9 Å². The molecule has 128 valence electrons. The average molecular weight is 355 g/mol. The maximum atomic E-state index is 12.5. The van der Waals surface area contributed by atoms with Crippen LogP contribution in [0.25, 0.3) is 11.3 Å². The van der Waals surface area contributed by atoms with Crippen molar-refractivity contribution in [1.29, 1.82) is 0 Å². The van der Waals surface area contributed by atoms with E-state index in [-0.39, 0.29) is 10.8 Å². The van der Waals surface area contributed by atoms with E-state index < -0.39 is 9.84 Å². The Morgan fingerprint density at radius 2 is 1.80 bits per heavy atom. The fourth-order valence-corrected chi connectivity index (χ4v) is 3.07. The van der Waals surface area contributed by atoms with Crippen molar-refractivity contribution in [2.75, 3.05) is 11.6 Å². The molecule has 1 amide bonds. The van der Waals surface area contributed by atoms with Gasteiger partial charge in [-0.2, -0.15) is 5.10 Å². The van der Waals surface area contributed by atoms with Gasteiger partial charge in [0.1, 0.15) is 0 Å². The molecule has 6 nitrogen and oxygen atoms in total. The SMILES string of the molecule is Cc1ccc(S(C)(=O)=O)cc1C(=O)Nc1ccc(-c2ccn[nH]2)cc1. The van der Waals surface area contributed by atoms with Crippen molar-refractivity contribution in [3.05, 3.63) is 65.9 Å². The maximum absolute atomic E-state index is 12.5. The lowest BCUT2D eigenvalue weighted by molar-refractivity contribution is 0.102. The first-order chi connectivity index (χ1) is 11.8. The highest BCUT2D eigenvalue weighted by Gasteiger charge is 2.14. The number of amides is 1. The third kappa shape index (κ3) is 3.77. The van der Waals surface area contributed by atoms with Gasteiger partial charge < -0.3 is 5.32 Å². The van der Waals surface area contributed by atoms with Crippen molar-refractivity contribution in [2.24, 2.45) is 0 Å². The smallest absolute Gasteiger partial charge is 0.255 e. The second-order valence-corrected chi connectivity index (χ2v) is 7.77. The van der Waals surface area contributed by atoms with Crippen molar-refractivity contribution in [2.45, 2.75) is 11.8 Å². The van der Waals surface area contributed by atoms with E-state index in [1.165, 1.54) is 12.1 Å². The zero-order valence-corrected chi connectivity index (χ0v) is 14.6. The number of aryl methyl sites for hydroxylation is 1. The average Bonchev–Trinajstić information content (AvgIpc) is 3.09. The molecule has 0 aliphatic heterocycles. The number of aromatic amines is 1. The van der Waals surface area contributed by atoms with Crippen molar-refractivity contribution in [3.63, 3.8) is 0 Å². The molecule has 0 fully saturated rings.